The number of aromatic nitrogens is 2. The normalized spacial score (nSPS) is 17.4. The van der Waals surface area contributed by atoms with Crippen LogP contribution in [0.15, 0.2) is 54.9 Å². The summed E-state index contributed by atoms with van der Waals surface area (Å²) < 4.78 is 24.9. The van der Waals surface area contributed by atoms with Crippen molar-refractivity contribution in [2.75, 3.05) is 18.5 Å². The smallest absolute Gasteiger partial charge is 0.195 e. The summed E-state index contributed by atoms with van der Waals surface area (Å²) in [6.45, 7) is 2.15. The minimum atomic E-state index is -0.400. The number of carbonyl (C=O) groups is 1. The molecule has 1 aliphatic heterocycles. The molecule has 8 nitrogen and oxygen atoms in total. The van der Waals surface area contributed by atoms with Gasteiger partial charge in [-0.15, -0.1) is 0 Å². The minimum Gasteiger partial charge on any atom is -0.457 e. The lowest BCUT2D eigenvalue weighted by molar-refractivity contribution is -0.0223. The maximum absolute atomic E-state index is 13.7. The SMILES string of the molecule is Cc1cc(Oc2cccc(F)c2)ccc1C(=O)c1c[nH]c2ncc(C#N)c(N[C@@H]3CC[C@@H](CO)OC3)c12. The molecule has 0 spiro atoms. The van der Waals surface area contributed by atoms with Crippen LogP contribution in [0.1, 0.15) is 39.9 Å². The zero-order valence-electron chi connectivity index (χ0n) is 20.1. The molecule has 0 aliphatic carbocycles. The standard InChI is InChI=1S/C28H25FN4O4/c1-16-9-21(37-20-4-2-3-18(29)10-20)7-8-23(16)27(35)24-13-32-28-25(24)26(17(11-30)12-31-28)33-19-5-6-22(14-34)36-15-19/h2-4,7-10,12-13,19,22,34H,5-6,14-15H2,1H3,(H2,31,32,33)/t19-,22+/m1/s1. The molecule has 3 N–H and O–H groups in total. The minimum absolute atomic E-state index is 0.0302. The van der Waals surface area contributed by atoms with Gasteiger partial charge in [-0.25, -0.2) is 9.37 Å². The number of nitrogens with zero attached hydrogens (tertiary/aromatic N) is 2. The monoisotopic (exact) mass is 500 g/mol. The van der Waals surface area contributed by atoms with E-state index in [0.29, 0.717) is 63.5 Å². The Morgan fingerprint density at radius 2 is 2.11 bits per heavy atom. The number of nitrogens with one attached hydrogen (secondary N) is 2. The zero-order valence-corrected chi connectivity index (χ0v) is 20.1. The van der Waals surface area contributed by atoms with Gasteiger partial charge in [-0.3, -0.25) is 4.79 Å². The lowest BCUT2D eigenvalue weighted by Crippen LogP contribution is -2.36. The summed E-state index contributed by atoms with van der Waals surface area (Å²) in [7, 11) is 0. The molecule has 0 amide bonds. The molecule has 1 fully saturated rings. The van der Waals surface area contributed by atoms with Crippen molar-refractivity contribution in [1.82, 2.24) is 9.97 Å². The number of aliphatic hydroxyl groups is 1. The summed E-state index contributed by atoms with van der Waals surface area (Å²) in [5.74, 6) is 0.204. The van der Waals surface area contributed by atoms with Crippen molar-refractivity contribution < 1.29 is 23.8 Å². The van der Waals surface area contributed by atoms with Crippen molar-refractivity contribution in [2.24, 2.45) is 0 Å². The van der Waals surface area contributed by atoms with Crippen LogP contribution in [-0.4, -0.2) is 46.2 Å². The highest BCUT2D eigenvalue weighted by Crippen LogP contribution is 2.33. The fourth-order valence-electron chi connectivity index (χ4n) is 4.54. The number of aliphatic hydroxyl groups excluding tert-OH is 1. The molecule has 9 heteroatoms. The summed E-state index contributed by atoms with van der Waals surface area (Å²) in [6, 6.07) is 13.0. The highest BCUT2D eigenvalue weighted by atomic mass is 19.1. The first-order valence-corrected chi connectivity index (χ1v) is 11.9. The van der Waals surface area contributed by atoms with Gasteiger partial charge in [0.2, 0.25) is 0 Å². The molecule has 1 saturated heterocycles. The van der Waals surface area contributed by atoms with Crippen molar-refractivity contribution in [3.63, 3.8) is 0 Å². The van der Waals surface area contributed by atoms with Crippen LogP contribution in [0.3, 0.4) is 0 Å². The number of H-pyrrole nitrogens is 1. The molecule has 2 aromatic heterocycles. The van der Waals surface area contributed by atoms with Gasteiger partial charge in [0.15, 0.2) is 5.78 Å². The maximum Gasteiger partial charge on any atom is 0.195 e. The maximum atomic E-state index is 13.7. The van der Waals surface area contributed by atoms with Crippen molar-refractivity contribution in [3.8, 4) is 17.6 Å². The van der Waals surface area contributed by atoms with Gasteiger partial charge in [-0.05, 0) is 55.7 Å². The second-order valence-corrected chi connectivity index (χ2v) is 9.01. The molecule has 3 heterocycles. The van der Waals surface area contributed by atoms with Crippen LogP contribution in [0.25, 0.3) is 11.0 Å². The lowest BCUT2D eigenvalue weighted by atomic mass is 9.97. The van der Waals surface area contributed by atoms with Crippen LogP contribution in [0, 0.1) is 24.1 Å². The molecule has 0 saturated carbocycles. The van der Waals surface area contributed by atoms with E-state index in [-0.39, 0.29) is 24.5 Å². The van der Waals surface area contributed by atoms with Gasteiger partial charge in [-0.2, -0.15) is 5.26 Å². The molecule has 0 bridgehead atoms. The van der Waals surface area contributed by atoms with Crippen molar-refractivity contribution in [1.29, 1.82) is 5.26 Å². The Kier molecular flexibility index (Phi) is 6.86. The van der Waals surface area contributed by atoms with E-state index in [1.165, 1.54) is 18.3 Å². The predicted molar refractivity (Wildman–Crippen MR) is 135 cm³/mol. The van der Waals surface area contributed by atoms with Gasteiger partial charge in [0, 0.05) is 30.1 Å². The highest BCUT2D eigenvalue weighted by Gasteiger charge is 2.26. The Morgan fingerprint density at radius 3 is 2.81 bits per heavy atom. The third-order valence-corrected chi connectivity index (χ3v) is 6.46. The Bertz CT molecular complexity index is 1500. The Hall–Kier alpha value is -4.26. The largest absolute Gasteiger partial charge is 0.457 e. The topological polar surface area (TPSA) is 120 Å². The first-order valence-electron chi connectivity index (χ1n) is 11.9. The Morgan fingerprint density at radius 1 is 1.27 bits per heavy atom. The van der Waals surface area contributed by atoms with Gasteiger partial charge >= 0.3 is 0 Å². The van der Waals surface area contributed by atoms with Crippen LogP contribution < -0.4 is 10.1 Å². The number of benzene rings is 2. The lowest BCUT2D eigenvalue weighted by Gasteiger charge is -2.29. The molecule has 0 unspecified atom stereocenters. The number of hydrogen-bond donors (Lipinski definition) is 3. The first kappa shape index (κ1) is 24.4. The third kappa shape index (κ3) is 5.03. The van der Waals surface area contributed by atoms with Gasteiger partial charge in [0.25, 0.3) is 0 Å². The number of rotatable bonds is 7. The van der Waals surface area contributed by atoms with Crippen LogP contribution in [0.5, 0.6) is 11.5 Å². The van der Waals surface area contributed by atoms with E-state index < -0.39 is 5.82 Å². The van der Waals surface area contributed by atoms with Gasteiger partial charge in [-0.1, -0.05) is 6.07 Å². The number of carbonyl (C=O) groups excluding carboxylic acids is 1. The third-order valence-electron chi connectivity index (χ3n) is 6.46. The van der Waals surface area contributed by atoms with Crippen molar-refractivity contribution in [3.05, 3.63) is 82.9 Å². The Labute approximate surface area is 212 Å². The number of ketones is 1. The molecule has 0 radical (unpaired) electrons. The summed E-state index contributed by atoms with van der Waals surface area (Å²) in [4.78, 5) is 21.1. The van der Waals surface area contributed by atoms with Crippen LogP contribution in [0.2, 0.25) is 0 Å². The number of aromatic amines is 1. The quantitative estimate of drug-likeness (QED) is 0.310. The first-order chi connectivity index (χ1) is 18.0. The number of fused-ring (bicyclic) bond motifs is 1. The fourth-order valence-corrected chi connectivity index (χ4v) is 4.54. The van der Waals surface area contributed by atoms with E-state index in [9.17, 15) is 19.6 Å². The average Bonchev–Trinajstić information content (AvgIpc) is 3.34. The molecular formula is C28H25FN4O4. The average molecular weight is 501 g/mol. The van der Waals surface area contributed by atoms with E-state index in [2.05, 4.69) is 21.4 Å². The summed E-state index contributed by atoms with van der Waals surface area (Å²) in [6.07, 6.45) is 4.32. The number of halogens is 1. The summed E-state index contributed by atoms with van der Waals surface area (Å²) in [5.41, 5.74) is 2.86. The van der Waals surface area contributed by atoms with Crippen LogP contribution >= 0.6 is 0 Å². The fraction of sp³-hybridized carbons (Fsp3) is 0.250. The van der Waals surface area contributed by atoms with Crippen LogP contribution in [0.4, 0.5) is 10.1 Å². The molecular weight excluding hydrogens is 475 g/mol. The highest BCUT2D eigenvalue weighted by molar-refractivity contribution is 6.19. The van der Waals surface area contributed by atoms with Crippen LogP contribution in [-0.2, 0) is 4.74 Å². The second-order valence-electron chi connectivity index (χ2n) is 9.01. The molecule has 37 heavy (non-hydrogen) atoms. The van der Waals surface area contributed by atoms with Gasteiger partial charge < -0.3 is 24.9 Å². The summed E-state index contributed by atoms with van der Waals surface area (Å²) >= 11 is 0. The van der Waals surface area contributed by atoms with E-state index in [1.807, 2.05) is 0 Å². The number of nitriles is 1. The number of anilines is 1. The van der Waals surface area contributed by atoms with Gasteiger partial charge in [0.05, 0.1) is 41.5 Å². The predicted octanol–water partition coefficient (Wildman–Crippen LogP) is 4.86. The molecule has 2 aromatic carbocycles. The van der Waals surface area contributed by atoms with E-state index in [1.54, 1.807) is 43.5 Å². The molecule has 2 atom stereocenters. The van der Waals surface area contributed by atoms with Gasteiger partial charge in [0.1, 0.15) is 29.0 Å². The molecule has 4 aromatic rings. The van der Waals surface area contributed by atoms with Crippen molar-refractivity contribution in [2.45, 2.75) is 31.9 Å². The molecule has 1 aliphatic rings. The van der Waals surface area contributed by atoms with E-state index in [0.717, 1.165) is 6.42 Å². The zero-order chi connectivity index (χ0) is 25.9. The van der Waals surface area contributed by atoms with E-state index >= 15 is 0 Å². The number of ether oxygens (including phenoxy) is 2. The number of pyridine rings is 1. The number of aryl methyl sites for hydroxylation is 1. The second kappa shape index (κ2) is 10.4. The molecule has 5 rings (SSSR count). The Balaban J connectivity index is 1.46. The summed E-state index contributed by atoms with van der Waals surface area (Å²) in [5, 5.41) is 23.0. The van der Waals surface area contributed by atoms with Crippen molar-refractivity contribution >= 4 is 22.5 Å². The number of hydrogen-bond acceptors (Lipinski definition) is 7. The molecule has 188 valence electrons. The van der Waals surface area contributed by atoms with E-state index in [4.69, 9.17) is 9.47 Å².